The van der Waals surface area contributed by atoms with Crippen LogP contribution in [0.5, 0.6) is 5.75 Å². The molecule has 5 heteroatoms. The minimum absolute atomic E-state index is 0.286. The molecule has 3 rings (SSSR count). The predicted octanol–water partition coefficient (Wildman–Crippen LogP) is 5.54. The van der Waals surface area contributed by atoms with E-state index in [1.54, 1.807) is 30.0 Å². The Kier molecular flexibility index (Phi) is 4.24. The summed E-state index contributed by atoms with van der Waals surface area (Å²) in [5, 5.41) is 12.8. The molecule has 0 aliphatic heterocycles. The van der Waals surface area contributed by atoms with Gasteiger partial charge < -0.3 is 5.11 Å². The molecule has 0 saturated heterocycles. The van der Waals surface area contributed by atoms with Gasteiger partial charge >= 0.3 is 0 Å². The van der Waals surface area contributed by atoms with Crippen LogP contribution < -0.4 is 0 Å². The fourth-order valence-corrected chi connectivity index (χ4v) is 3.51. The molecular formula is C16H11Cl2NOS. The van der Waals surface area contributed by atoms with Crippen LogP contribution in [-0.2, 0) is 5.75 Å². The van der Waals surface area contributed by atoms with E-state index < -0.39 is 0 Å². The fourth-order valence-electron chi connectivity index (χ4n) is 2.09. The summed E-state index contributed by atoms with van der Waals surface area (Å²) in [4.78, 5) is 5.32. The van der Waals surface area contributed by atoms with Crippen molar-refractivity contribution in [2.45, 2.75) is 10.6 Å². The van der Waals surface area contributed by atoms with Crippen LogP contribution in [0.4, 0.5) is 0 Å². The quantitative estimate of drug-likeness (QED) is 0.503. The summed E-state index contributed by atoms with van der Waals surface area (Å²) >= 11 is 13.7. The molecule has 0 bridgehead atoms. The summed E-state index contributed by atoms with van der Waals surface area (Å²) in [6, 6.07) is 14.8. The van der Waals surface area contributed by atoms with Crippen LogP contribution in [-0.4, -0.2) is 10.1 Å². The topological polar surface area (TPSA) is 33.1 Å². The number of aromatic nitrogens is 1. The Morgan fingerprint density at radius 2 is 1.71 bits per heavy atom. The van der Waals surface area contributed by atoms with E-state index >= 15 is 0 Å². The van der Waals surface area contributed by atoms with Crippen LogP contribution in [0, 0.1) is 0 Å². The second kappa shape index (κ2) is 6.14. The summed E-state index contributed by atoms with van der Waals surface area (Å²) < 4.78 is 0. The summed E-state index contributed by atoms with van der Waals surface area (Å²) in [5.41, 5.74) is 0.756. The first kappa shape index (κ1) is 14.5. The van der Waals surface area contributed by atoms with E-state index in [1.807, 2.05) is 30.3 Å². The van der Waals surface area contributed by atoms with Gasteiger partial charge in [0.15, 0.2) is 0 Å². The number of aromatic hydroxyl groups is 1. The second-order valence-corrected chi connectivity index (χ2v) is 6.29. The molecule has 1 N–H and O–H groups in total. The van der Waals surface area contributed by atoms with Gasteiger partial charge in [-0.25, -0.2) is 4.98 Å². The second-order valence-electron chi connectivity index (χ2n) is 4.48. The van der Waals surface area contributed by atoms with E-state index in [0.29, 0.717) is 15.9 Å². The number of halogens is 2. The minimum atomic E-state index is 0.286. The molecule has 0 aliphatic rings. The minimum Gasteiger partial charge on any atom is -0.507 e. The number of rotatable bonds is 3. The summed E-state index contributed by atoms with van der Waals surface area (Å²) in [5.74, 6) is 0.905. The Morgan fingerprint density at radius 1 is 0.952 bits per heavy atom. The van der Waals surface area contributed by atoms with Gasteiger partial charge in [-0.15, -0.1) is 11.8 Å². The van der Waals surface area contributed by atoms with Gasteiger partial charge in [-0.1, -0.05) is 47.5 Å². The van der Waals surface area contributed by atoms with Crippen molar-refractivity contribution in [3.8, 4) is 5.75 Å². The van der Waals surface area contributed by atoms with Gasteiger partial charge in [-0.3, -0.25) is 0 Å². The molecule has 0 fully saturated rings. The van der Waals surface area contributed by atoms with Crippen LogP contribution in [0.2, 0.25) is 10.2 Å². The van der Waals surface area contributed by atoms with Crippen LogP contribution in [0.15, 0.2) is 53.4 Å². The molecule has 2 nitrogen and oxygen atoms in total. The van der Waals surface area contributed by atoms with E-state index in [-0.39, 0.29) is 5.75 Å². The maximum atomic E-state index is 9.90. The number of thioether (sulfide) groups is 1. The molecule has 0 unspecified atom stereocenters. The number of pyridine rings is 1. The number of hydrogen-bond acceptors (Lipinski definition) is 3. The van der Waals surface area contributed by atoms with Crippen LogP contribution in [0.25, 0.3) is 10.8 Å². The molecule has 1 heterocycles. The van der Waals surface area contributed by atoms with Crippen molar-refractivity contribution in [3.05, 3.63) is 64.4 Å². The van der Waals surface area contributed by atoms with Gasteiger partial charge in [0, 0.05) is 16.0 Å². The normalized spacial score (nSPS) is 11.0. The number of nitrogens with zero attached hydrogens (tertiary/aromatic N) is 1. The highest BCUT2D eigenvalue weighted by Gasteiger charge is 2.08. The highest BCUT2D eigenvalue weighted by atomic mass is 35.5. The van der Waals surface area contributed by atoms with Crippen molar-refractivity contribution >= 4 is 45.7 Å². The summed E-state index contributed by atoms with van der Waals surface area (Å²) in [6.07, 6.45) is 0. The van der Waals surface area contributed by atoms with Gasteiger partial charge in [-0.05, 0) is 29.7 Å². The van der Waals surface area contributed by atoms with Gasteiger partial charge in [-0.2, -0.15) is 0 Å². The standard InChI is InChI=1S/C16H11Cl2NOS/c17-12-5-8-16(18)19-13(12)9-21-15-7-6-14(20)10-3-1-2-4-11(10)15/h1-8,20H,9H2. The summed E-state index contributed by atoms with van der Waals surface area (Å²) in [6.45, 7) is 0. The molecule has 0 amide bonds. The van der Waals surface area contributed by atoms with Crippen molar-refractivity contribution in [1.82, 2.24) is 4.98 Å². The zero-order valence-electron chi connectivity index (χ0n) is 10.9. The molecule has 0 saturated carbocycles. The van der Waals surface area contributed by atoms with Crippen LogP contribution >= 0.6 is 35.0 Å². The molecule has 106 valence electrons. The lowest BCUT2D eigenvalue weighted by Gasteiger charge is -2.08. The number of fused-ring (bicyclic) bond motifs is 1. The predicted molar refractivity (Wildman–Crippen MR) is 89.4 cm³/mol. The molecule has 1 aromatic heterocycles. The molecule has 0 aliphatic carbocycles. The molecule has 0 spiro atoms. The Balaban J connectivity index is 1.92. The molecule has 0 atom stereocenters. The first-order valence-electron chi connectivity index (χ1n) is 6.29. The van der Waals surface area contributed by atoms with Crippen molar-refractivity contribution < 1.29 is 5.11 Å². The van der Waals surface area contributed by atoms with E-state index in [4.69, 9.17) is 23.2 Å². The number of hydrogen-bond donors (Lipinski definition) is 1. The third-order valence-electron chi connectivity index (χ3n) is 3.11. The molecule has 21 heavy (non-hydrogen) atoms. The third kappa shape index (κ3) is 3.10. The summed E-state index contributed by atoms with van der Waals surface area (Å²) in [7, 11) is 0. The number of phenolic OH excluding ortho intramolecular Hbond substituents is 1. The fraction of sp³-hybridized carbons (Fsp3) is 0.0625. The molecule has 0 radical (unpaired) electrons. The van der Waals surface area contributed by atoms with Crippen molar-refractivity contribution in [3.63, 3.8) is 0 Å². The van der Waals surface area contributed by atoms with Gasteiger partial charge in [0.05, 0.1) is 10.7 Å². The van der Waals surface area contributed by atoms with Crippen molar-refractivity contribution in [1.29, 1.82) is 0 Å². The van der Waals surface area contributed by atoms with E-state index in [1.165, 1.54) is 0 Å². The highest BCUT2D eigenvalue weighted by Crippen LogP contribution is 2.35. The van der Waals surface area contributed by atoms with Crippen molar-refractivity contribution in [2.24, 2.45) is 0 Å². The smallest absolute Gasteiger partial charge is 0.129 e. The maximum Gasteiger partial charge on any atom is 0.129 e. The molecule has 3 aromatic rings. The monoisotopic (exact) mass is 335 g/mol. The van der Waals surface area contributed by atoms with Gasteiger partial charge in [0.25, 0.3) is 0 Å². The van der Waals surface area contributed by atoms with E-state index in [2.05, 4.69) is 4.98 Å². The zero-order valence-corrected chi connectivity index (χ0v) is 13.2. The number of benzene rings is 2. The lowest BCUT2D eigenvalue weighted by atomic mass is 10.1. The molecule has 2 aromatic carbocycles. The maximum absolute atomic E-state index is 9.90. The van der Waals surface area contributed by atoms with Crippen LogP contribution in [0.1, 0.15) is 5.69 Å². The SMILES string of the molecule is Oc1ccc(SCc2nc(Cl)ccc2Cl)c2ccccc12. The van der Waals surface area contributed by atoms with Crippen molar-refractivity contribution in [2.75, 3.05) is 0 Å². The van der Waals surface area contributed by atoms with Gasteiger partial charge in [0.2, 0.25) is 0 Å². The Morgan fingerprint density at radius 3 is 2.52 bits per heavy atom. The average Bonchev–Trinajstić information content (AvgIpc) is 2.50. The Labute approximate surface area is 136 Å². The lowest BCUT2D eigenvalue weighted by Crippen LogP contribution is -1.89. The average molecular weight is 336 g/mol. The first-order valence-corrected chi connectivity index (χ1v) is 8.04. The zero-order chi connectivity index (χ0) is 14.8. The number of phenols is 1. The van der Waals surface area contributed by atoms with E-state index in [9.17, 15) is 5.11 Å². The highest BCUT2D eigenvalue weighted by molar-refractivity contribution is 7.98. The van der Waals surface area contributed by atoms with Gasteiger partial charge in [0.1, 0.15) is 10.9 Å². The Bertz CT molecular complexity index is 807. The van der Waals surface area contributed by atoms with E-state index in [0.717, 1.165) is 21.4 Å². The first-order chi connectivity index (χ1) is 10.1. The largest absolute Gasteiger partial charge is 0.507 e. The lowest BCUT2D eigenvalue weighted by molar-refractivity contribution is 0.481. The molecular weight excluding hydrogens is 325 g/mol. The Hall–Kier alpha value is -1.42. The van der Waals surface area contributed by atoms with Crippen LogP contribution in [0.3, 0.4) is 0 Å². The third-order valence-corrected chi connectivity index (χ3v) is 4.75.